The number of pyridine rings is 2. The van der Waals surface area contributed by atoms with Crippen molar-refractivity contribution in [3.05, 3.63) is 80.2 Å². The van der Waals surface area contributed by atoms with Gasteiger partial charge in [-0.3, -0.25) is 14.5 Å². The fraction of sp³-hybridized carbons (Fsp3) is 0.406. The Bertz CT molecular complexity index is 1950. The van der Waals surface area contributed by atoms with E-state index in [1.807, 2.05) is 34.0 Å². The molecular formula is C32H34N6O4S. The maximum atomic E-state index is 13.4. The summed E-state index contributed by atoms with van der Waals surface area (Å²) in [6.45, 7) is 7.88. The minimum absolute atomic E-state index is 0.131. The van der Waals surface area contributed by atoms with Crippen LogP contribution in [0.25, 0.3) is 21.3 Å². The minimum Gasteiger partial charge on any atom is -0.484 e. The van der Waals surface area contributed by atoms with Crippen LogP contribution in [-0.4, -0.2) is 55.1 Å². The molecule has 0 bridgehead atoms. The molecule has 11 heteroatoms. The Morgan fingerprint density at radius 3 is 2.84 bits per heavy atom. The van der Waals surface area contributed by atoms with Crippen LogP contribution in [0.2, 0.25) is 0 Å². The molecule has 1 aliphatic carbocycles. The molecule has 2 aliphatic rings. The summed E-state index contributed by atoms with van der Waals surface area (Å²) in [5.74, 6) is 0.0992. The number of hydrogen-bond donors (Lipinski definition) is 1. The summed E-state index contributed by atoms with van der Waals surface area (Å²) in [5, 5.41) is 11.8. The van der Waals surface area contributed by atoms with Crippen LogP contribution in [0.5, 0.6) is 5.75 Å². The summed E-state index contributed by atoms with van der Waals surface area (Å²) in [4.78, 5) is 35.6. The van der Waals surface area contributed by atoms with E-state index in [9.17, 15) is 9.59 Å². The van der Waals surface area contributed by atoms with Gasteiger partial charge < -0.3 is 14.5 Å². The van der Waals surface area contributed by atoms with Crippen molar-refractivity contribution in [1.29, 1.82) is 0 Å². The molecule has 1 spiro atoms. The van der Waals surface area contributed by atoms with Gasteiger partial charge in [-0.2, -0.15) is 0 Å². The predicted molar refractivity (Wildman–Crippen MR) is 164 cm³/mol. The van der Waals surface area contributed by atoms with E-state index in [4.69, 9.17) is 14.5 Å². The number of carbonyl (C=O) groups is 1. The lowest BCUT2D eigenvalue weighted by molar-refractivity contribution is -0.151. The number of rotatable bonds is 6. The first-order valence-electron chi connectivity index (χ1n) is 14.5. The molecule has 0 radical (unpaired) electrons. The topological polar surface area (TPSA) is 115 Å². The predicted octanol–water partition coefficient (Wildman–Crippen LogP) is 4.83. The van der Waals surface area contributed by atoms with Gasteiger partial charge >= 0.3 is 5.97 Å². The van der Waals surface area contributed by atoms with Gasteiger partial charge in [-0.15, -0.1) is 16.4 Å². The molecule has 1 aromatic carbocycles. The first kappa shape index (κ1) is 27.7. The van der Waals surface area contributed by atoms with E-state index in [1.54, 1.807) is 22.1 Å². The van der Waals surface area contributed by atoms with Crippen molar-refractivity contribution < 1.29 is 14.3 Å². The number of fused-ring (bicyclic) bond motifs is 3. The van der Waals surface area contributed by atoms with Crippen molar-refractivity contribution in [2.45, 2.75) is 58.2 Å². The molecule has 1 atom stereocenters. The molecule has 1 saturated carbocycles. The molecule has 5 aromatic rings. The van der Waals surface area contributed by atoms with Crippen molar-refractivity contribution in [1.82, 2.24) is 29.9 Å². The summed E-state index contributed by atoms with van der Waals surface area (Å²) in [6.07, 6.45) is 3.83. The lowest BCUT2D eigenvalue weighted by Crippen LogP contribution is -2.35. The van der Waals surface area contributed by atoms with Gasteiger partial charge in [0, 0.05) is 49.6 Å². The van der Waals surface area contributed by atoms with Crippen LogP contribution < -0.4 is 10.3 Å². The Hall–Kier alpha value is -4.09. The number of methoxy groups -OCH3 is 1. The fourth-order valence-electron chi connectivity index (χ4n) is 6.65. The van der Waals surface area contributed by atoms with Gasteiger partial charge in [-0.05, 0) is 84.8 Å². The second kappa shape index (κ2) is 9.99. The number of hydrogen-bond acceptors (Lipinski definition) is 9. The van der Waals surface area contributed by atoms with Crippen LogP contribution in [0.3, 0.4) is 0 Å². The van der Waals surface area contributed by atoms with Crippen molar-refractivity contribution in [3.8, 4) is 5.75 Å². The Kier molecular flexibility index (Phi) is 6.44. The Morgan fingerprint density at radius 2 is 2.07 bits per heavy atom. The average Bonchev–Trinajstić information content (AvgIpc) is 3.40. The number of esters is 1. The van der Waals surface area contributed by atoms with E-state index >= 15 is 0 Å². The van der Waals surface area contributed by atoms with E-state index in [-0.39, 0.29) is 23.0 Å². The maximum absolute atomic E-state index is 13.4. The maximum Gasteiger partial charge on any atom is 0.312 e. The van der Waals surface area contributed by atoms with Crippen LogP contribution in [-0.2, 0) is 29.7 Å². The van der Waals surface area contributed by atoms with E-state index < -0.39 is 5.41 Å². The molecule has 7 rings (SSSR count). The third kappa shape index (κ3) is 4.71. The number of aryl methyl sites for hydroxylation is 2. The minimum atomic E-state index is -0.912. The number of carbonyl (C=O) groups excluding carboxylic acids is 1. The second-order valence-corrected chi connectivity index (χ2v) is 13.4. The van der Waals surface area contributed by atoms with Gasteiger partial charge in [0.2, 0.25) is 5.56 Å². The zero-order valence-corrected chi connectivity index (χ0v) is 25.7. The molecule has 1 aliphatic heterocycles. The summed E-state index contributed by atoms with van der Waals surface area (Å²) in [5.41, 5.74) is 4.97. The van der Waals surface area contributed by atoms with Crippen LogP contribution in [0.15, 0.2) is 46.7 Å². The van der Waals surface area contributed by atoms with E-state index in [0.717, 1.165) is 64.0 Å². The zero-order chi connectivity index (χ0) is 30.1. The van der Waals surface area contributed by atoms with Gasteiger partial charge in [-0.1, -0.05) is 11.3 Å². The molecule has 0 saturated heterocycles. The molecule has 0 amide bonds. The molecule has 1 fully saturated rings. The molecule has 43 heavy (non-hydrogen) atoms. The number of benzene rings is 1. The van der Waals surface area contributed by atoms with Crippen LogP contribution >= 0.6 is 11.3 Å². The van der Waals surface area contributed by atoms with Crippen molar-refractivity contribution in [3.63, 3.8) is 0 Å². The molecular weight excluding hydrogens is 564 g/mol. The van der Waals surface area contributed by atoms with Crippen LogP contribution in [0, 0.1) is 12.3 Å². The number of aromatic nitrogens is 5. The van der Waals surface area contributed by atoms with Crippen molar-refractivity contribution in [2.24, 2.45) is 12.5 Å². The van der Waals surface area contributed by atoms with Gasteiger partial charge in [0.1, 0.15) is 16.9 Å². The largest absolute Gasteiger partial charge is 0.484 e. The summed E-state index contributed by atoms with van der Waals surface area (Å²) < 4.78 is 14.6. The van der Waals surface area contributed by atoms with Crippen LogP contribution in [0.4, 0.5) is 0 Å². The molecule has 5 heterocycles. The van der Waals surface area contributed by atoms with Gasteiger partial charge in [0.25, 0.3) is 0 Å². The zero-order valence-electron chi connectivity index (χ0n) is 24.9. The quantitative estimate of drug-likeness (QED) is 0.277. The van der Waals surface area contributed by atoms with Crippen molar-refractivity contribution >= 4 is 38.6 Å². The highest BCUT2D eigenvalue weighted by molar-refractivity contribution is 7.17. The highest BCUT2D eigenvalue weighted by atomic mass is 32.1. The Morgan fingerprint density at radius 1 is 1.26 bits per heavy atom. The number of H-pyrrole nitrogens is 1. The molecule has 0 unspecified atom stereocenters. The fourth-order valence-corrected chi connectivity index (χ4v) is 7.54. The molecule has 4 aromatic heterocycles. The molecule has 222 valence electrons. The number of thiophene rings is 1. The van der Waals surface area contributed by atoms with Crippen LogP contribution in [0.1, 0.15) is 60.6 Å². The highest BCUT2D eigenvalue weighted by Gasteiger charge is 2.49. The van der Waals surface area contributed by atoms with E-state index in [0.29, 0.717) is 18.7 Å². The summed E-state index contributed by atoms with van der Waals surface area (Å²) in [6, 6.07) is 9.87. The monoisotopic (exact) mass is 598 g/mol. The van der Waals surface area contributed by atoms with Crippen molar-refractivity contribution in [2.75, 3.05) is 13.7 Å². The van der Waals surface area contributed by atoms with Gasteiger partial charge in [0.15, 0.2) is 5.65 Å². The summed E-state index contributed by atoms with van der Waals surface area (Å²) in [7, 11) is 3.25. The Labute approximate surface area is 252 Å². The second-order valence-electron chi connectivity index (χ2n) is 12.5. The smallest absolute Gasteiger partial charge is 0.312 e. The number of nitrogens with one attached hydrogen (secondary N) is 1. The molecule has 1 N–H and O–H groups in total. The number of ether oxygens (including phenoxy) is 2. The third-order valence-electron chi connectivity index (χ3n) is 9.02. The Balaban J connectivity index is 1.35. The summed E-state index contributed by atoms with van der Waals surface area (Å²) >= 11 is 1.71. The first-order valence-corrected chi connectivity index (χ1v) is 15.3. The van der Waals surface area contributed by atoms with E-state index in [2.05, 4.69) is 43.8 Å². The molecule has 10 nitrogen and oxygen atoms in total. The standard InChI is InChI=1S/C32H34N6O4S/c1-18-22(14-33-29-27(18)35-36-37(29)4)26(31(2,3)30(40)41-5)20-12-19-8-11-43-28(19)21(13-20)15-38-16-23-24(6-7-25(39)34-23)42-32(17-38)9-10-32/h6-8,11-14,26H,9-10,15-17H2,1-5H3,(H,34,39)/t26-/m0/s1. The van der Waals surface area contributed by atoms with Gasteiger partial charge in [-0.25, -0.2) is 9.67 Å². The lowest BCUT2D eigenvalue weighted by Gasteiger charge is -2.34. The van der Waals surface area contributed by atoms with Gasteiger partial charge in [0.05, 0.1) is 18.2 Å². The normalized spacial score (nSPS) is 17.0. The third-order valence-corrected chi connectivity index (χ3v) is 10.0. The lowest BCUT2D eigenvalue weighted by atomic mass is 9.70. The average molecular weight is 599 g/mol. The highest BCUT2D eigenvalue weighted by Crippen LogP contribution is 2.47. The van der Waals surface area contributed by atoms with E-state index in [1.165, 1.54) is 17.9 Å². The SMILES string of the molecule is COC(=O)C(C)(C)[C@@H](c1cc(CN2Cc3[nH]c(=O)ccc3OC3(CC3)C2)c2sccc2c1)c1cnc2c(nnn2C)c1C. The first-order chi connectivity index (χ1) is 20.6. The number of nitrogens with zero attached hydrogens (tertiary/aromatic N) is 5. The number of aromatic amines is 1.